The Hall–Kier alpha value is -1.42. The van der Waals surface area contributed by atoms with Gasteiger partial charge in [0.25, 0.3) is 0 Å². The third-order valence-electron chi connectivity index (χ3n) is 3.80. The molecular weight excluding hydrogens is 243 g/mol. The van der Waals surface area contributed by atoms with E-state index in [1.54, 1.807) is 18.2 Å². The van der Waals surface area contributed by atoms with Gasteiger partial charge in [0.15, 0.2) is 0 Å². The predicted molar refractivity (Wildman–Crippen MR) is 74.4 cm³/mol. The van der Waals surface area contributed by atoms with E-state index in [4.69, 9.17) is 0 Å². The van der Waals surface area contributed by atoms with Crippen molar-refractivity contribution in [2.24, 2.45) is 11.8 Å². The topological polar surface area (TPSA) is 41.1 Å². The van der Waals surface area contributed by atoms with Gasteiger partial charge >= 0.3 is 0 Å². The minimum Gasteiger partial charge on any atom is -0.323 e. The summed E-state index contributed by atoms with van der Waals surface area (Å²) in [5, 5.41) is 6.06. The molecule has 1 fully saturated rings. The van der Waals surface area contributed by atoms with Crippen molar-refractivity contribution in [1.82, 2.24) is 5.32 Å². The highest BCUT2D eigenvalue weighted by Gasteiger charge is 2.25. The van der Waals surface area contributed by atoms with Crippen molar-refractivity contribution in [3.05, 3.63) is 30.1 Å². The summed E-state index contributed by atoms with van der Waals surface area (Å²) >= 11 is 0. The second-order valence-corrected chi connectivity index (χ2v) is 5.17. The molecule has 0 saturated carbocycles. The molecule has 1 aromatic rings. The Morgan fingerprint density at radius 1 is 1.47 bits per heavy atom. The molecule has 2 rings (SSSR count). The quantitative estimate of drug-likeness (QED) is 0.881. The van der Waals surface area contributed by atoms with Crippen LogP contribution in [0.4, 0.5) is 10.1 Å². The van der Waals surface area contributed by atoms with Gasteiger partial charge < -0.3 is 10.6 Å². The minimum atomic E-state index is -0.380. The van der Waals surface area contributed by atoms with Gasteiger partial charge in [0, 0.05) is 5.92 Å². The first-order chi connectivity index (χ1) is 9.20. The van der Waals surface area contributed by atoms with Crippen molar-refractivity contribution < 1.29 is 9.18 Å². The summed E-state index contributed by atoms with van der Waals surface area (Å²) in [5.41, 5.74) is 0.276. The van der Waals surface area contributed by atoms with E-state index in [1.165, 1.54) is 6.07 Å². The largest absolute Gasteiger partial charge is 0.323 e. The number of para-hydroxylation sites is 1. The molecule has 19 heavy (non-hydrogen) atoms. The lowest BCUT2D eigenvalue weighted by Gasteiger charge is -2.18. The number of nitrogens with one attached hydrogen (secondary N) is 2. The van der Waals surface area contributed by atoms with Crippen molar-refractivity contribution >= 4 is 11.6 Å². The van der Waals surface area contributed by atoms with Gasteiger partial charge in [-0.05, 0) is 44.0 Å². The molecule has 1 aliphatic heterocycles. The molecule has 0 spiro atoms. The van der Waals surface area contributed by atoms with E-state index in [9.17, 15) is 9.18 Å². The summed E-state index contributed by atoms with van der Waals surface area (Å²) < 4.78 is 13.5. The van der Waals surface area contributed by atoms with Gasteiger partial charge in [-0.15, -0.1) is 0 Å². The summed E-state index contributed by atoms with van der Waals surface area (Å²) in [6.45, 7) is 3.97. The van der Waals surface area contributed by atoms with Crippen LogP contribution in [-0.4, -0.2) is 19.0 Å². The summed E-state index contributed by atoms with van der Waals surface area (Å²) in [6, 6.07) is 6.30. The maximum absolute atomic E-state index is 13.5. The zero-order valence-corrected chi connectivity index (χ0v) is 11.3. The smallest absolute Gasteiger partial charge is 0.227 e. The molecule has 1 amide bonds. The molecule has 1 heterocycles. The first kappa shape index (κ1) is 14.0. The molecule has 0 aromatic heterocycles. The highest BCUT2D eigenvalue weighted by atomic mass is 19.1. The van der Waals surface area contributed by atoms with Crippen LogP contribution in [-0.2, 0) is 4.79 Å². The number of carbonyl (C=O) groups excluding carboxylic acids is 1. The third kappa shape index (κ3) is 3.77. The van der Waals surface area contributed by atoms with Gasteiger partial charge in [0.2, 0.25) is 5.91 Å². The summed E-state index contributed by atoms with van der Waals surface area (Å²) in [5.74, 6) is 0.0558. The van der Waals surface area contributed by atoms with Crippen molar-refractivity contribution in [2.45, 2.75) is 26.2 Å². The second-order valence-electron chi connectivity index (χ2n) is 5.17. The first-order valence-electron chi connectivity index (χ1n) is 6.96. The van der Waals surface area contributed by atoms with Crippen molar-refractivity contribution in [2.75, 3.05) is 18.4 Å². The van der Waals surface area contributed by atoms with E-state index < -0.39 is 0 Å². The summed E-state index contributed by atoms with van der Waals surface area (Å²) in [7, 11) is 0. The molecule has 1 aromatic carbocycles. The Bertz CT molecular complexity index is 436. The van der Waals surface area contributed by atoms with Gasteiger partial charge in [0.1, 0.15) is 5.82 Å². The van der Waals surface area contributed by atoms with Crippen LogP contribution in [0.25, 0.3) is 0 Å². The lowest BCUT2D eigenvalue weighted by molar-refractivity contribution is -0.120. The van der Waals surface area contributed by atoms with Gasteiger partial charge in [-0.1, -0.05) is 25.5 Å². The third-order valence-corrected chi connectivity index (χ3v) is 3.80. The fourth-order valence-corrected chi connectivity index (χ4v) is 2.53. The van der Waals surface area contributed by atoms with E-state index in [-0.39, 0.29) is 23.3 Å². The zero-order chi connectivity index (χ0) is 13.7. The Kier molecular flexibility index (Phi) is 4.91. The average molecular weight is 264 g/mol. The van der Waals surface area contributed by atoms with Gasteiger partial charge in [-0.25, -0.2) is 4.39 Å². The lowest BCUT2D eigenvalue weighted by atomic mass is 9.91. The predicted octanol–water partition coefficient (Wildman–Crippen LogP) is 2.79. The minimum absolute atomic E-state index is 0.0282. The second kappa shape index (κ2) is 6.66. The number of rotatable bonds is 3. The van der Waals surface area contributed by atoms with E-state index in [0.717, 1.165) is 32.4 Å². The first-order valence-corrected chi connectivity index (χ1v) is 6.96. The van der Waals surface area contributed by atoms with Crippen molar-refractivity contribution in [3.63, 3.8) is 0 Å². The number of hydrogen-bond donors (Lipinski definition) is 2. The zero-order valence-electron chi connectivity index (χ0n) is 11.3. The molecule has 4 heteroatoms. The Labute approximate surface area is 113 Å². The van der Waals surface area contributed by atoms with Crippen molar-refractivity contribution in [3.8, 4) is 0 Å². The molecule has 1 aliphatic rings. The molecule has 2 N–H and O–H groups in total. The number of benzene rings is 1. The van der Waals surface area contributed by atoms with E-state index in [1.807, 2.05) is 0 Å². The summed E-state index contributed by atoms with van der Waals surface area (Å²) in [4.78, 5) is 12.2. The van der Waals surface area contributed by atoms with Crippen molar-refractivity contribution in [1.29, 1.82) is 0 Å². The van der Waals surface area contributed by atoms with Crippen LogP contribution >= 0.6 is 0 Å². The molecule has 2 unspecified atom stereocenters. The molecule has 0 bridgehead atoms. The van der Waals surface area contributed by atoms with E-state index in [0.29, 0.717) is 5.92 Å². The van der Waals surface area contributed by atoms with Crippen LogP contribution in [0, 0.1) is 17.7 Å². The average Bonchev–Trinajstić information content (AvgIpc) is 2.66. The number of halogens is 1. The van der Waals surface area contributed by atoms with Gasteiger partial charge in [-0.2, -0.15) is 0 Å². The van der Waals surface area contributed by atoms with E-state index in [2.05, 4.69) is 17.6 Å². The van der Waals surface area contributed by atoms with Crippen LogP contribution in [0.2, 0.25) is 0 Å². The number of anilines is 1. The fourth-order valence-electron chi connectivity index (χ4n) is 2.53. The molecule has 104 valence electrons. The normalized spacial score (nSPS) is 23.7. The monoisotopic (exact) mass is 264 g/mol. The van der Waals surface area contributed by atoms with Gasteiger partial charge in [0.05, 0.1) is 5.69 Å². The Balaban J connectivity index is 2.00. The Morgan fingerprint density at radius 3 is 3.00 bits per heavy atom. The highest BCUT2D eigenvalue weighted by molar-refractivity contribution is 5.92. The molecular formula is C15H21FN2O. The Morgan fingerprint density at radius 2 is 2.26 bits per heavy atom. The SMILES string of the molecule is CCC1CNCCC(C(=O)Nc2ccccc2F)C1. The van der Waals surface area contributed by atoms with Crippen LogP contribution < -0.4 is 10.6 Å². The van der Waals surface area contributed by atoms with Crippen LogP contribution in [0.1, 0.15) is 26.2 Å². The molecule has 2 atom stereocenters. The fraction of sp³-hybridized carbons (Fsp3) is 0.533. The lowest BCUT2D eigenvalue weighted by Crippen LogP contribution is -2.25. The standard InChI is InChI=1S/C15H21FN2O/c1-2-11-9-12(7-8-17-10-11)15(19)18-14-6-4-3-5-13(14)16/h3-6,11-12,17H,2,7-10H2,1H3,(H,18,19). The molecule has 0 aliphatic carbocycles. The molecule has 3 nitrogen and oxygen atoms in total. The van der Waals surface area contributed by atoms with Crippen LogP contribution in [0.3, 0.4) is 0 Å². The molecule has 0 radical (unpaired) electrons. The maximum Gasteiger partial charge on any atom is 0.227 e. The van der Waals surface area contributed by atoms with E-state index >= 15 is 0 Å². The number of hydrogen-bond acceptors (Lipinski definition) is 2. The summed E-state index contributed by atoms with van der Waals surface area (Å²) in [6.07, 6.45) is 2.76. The molecule has 1 saturated heterocycles. The van der Waals surface area contributed by atoms with Crippen LogP contribution in [0.15, 0.2) is 24.3 Å². The number of carbonyl (C=O) groups is 1. The number of amides is 1. The van der Waals surface area contributed by atoms with Crippen LogP contribution in [0.5, 0.6) is 0 Å². The highest BCUT2D eigenvalue weighted by Crippen LogP contribution is 2.23. The van der Waals surface area contributed by atoms with Gasteiger partial charge in [-0.3, -0.25) is 4.79 Å². The maximum atomic E-state index is 13.5.